The van der Waals surface area contributed by atoms with Gasteiger partial charge in [-0.25, -0.2) is 18.2 Å². The molecule has 41 heavy (non-hydrogen) atoms. The predicted molar refractivity (Wildman–Crippen MR) is 144 cm³/mol. The van der Waals surface area contributed by atoms with Crippen molar-refractivity contribution in [2.75, 3.05) is 19.4 Å². The number of methoxy groups -OCH3 is 1. The summed E-state index contributed by atoms with van der Waals surface area (Å²) in [6, 6.07) is 18.8. The third-order valence-corrected chi connectivity index (χ3v) is 7.84. The zero-order chi connectivity index (χ0) is 29.9. The van der Waals surface area contributed by atoms with Gasteiger partial charge in [0.25, 0.3) is 0 Å². The molecule has 4 N–H and O–H groups in total. The number of nitrogens with two attached hydrogens (primary N) is 1. The first-order valence-corrected chi connectivity index (χ1v) is 13.6. The Labute approximate surface area is 232 Å². The largest absolute Gasteiger partial charge is 0.497 e. The Morgan fingerprint density at radius 3 is 2.51 bits per heavy atom. The molecule has 4 aromatic rings. The molecule has 0 saturated carbocycles. The summed E-state index contributed by atoms with van der Waals surface area (Å²) in [5.41, 5.74) is 7.48. The molecule has 1 saturated heterocycles. The highest BCUT2D eigenvalue weighted by Gasteiger charge is 2.38. The van der Waals surface area contributed by atoms with E-state index in [2.05, 4.69) is 9.71 Å². The van der Waals surface area contributed by atoms with Gasteiger partial charge in [0, 0.05) is 18.5 Å². The van der Waals surface area contributed by atoms with Gasteiger partial charge in [0.05, 0.1) is 17.5 Å². The van der Waals surface area contributed by atoms with Gasteiger partial charge in [0.15, 0.2) is 0 Å². The topological polar surface area (TPSA) is 152 Å². The smallest absolute Gasteiger partial charge is 0.490 e. The van der Waals surface area contributed by atoms with E-state index in [-0.39, 0.29) is 10.8 Å². The van der Waals surface area contributed by atoms with E-state index in [1.54, 1.807) is 42.3 Å². The van der Waals surface area contributed by atoms with Crippen LogP contribution in [0, 0.1) is 0 Å². The van der Waals surface area contributed by atoms with Crippen LogP contribution < -0.4 is 15.2 Å². The lowest BCUT2D eigenvalue weighted by molar-refractivity contribution is -0.192. The molecule has 0 bridgehead atoms. The number of carboxylic acids is 1. The van der Waals surface area contributed by atoms with Crippen LogP contribution in [0.25, 0.3) is 21.7 Å². The number of aromatic nitrogens is 1. The van der Waals surface area contributed by atoms with E-state index in [1.807, 2.05) is 36.4 Å². The number of hydrogen-bond donors (Lipinski definition) is 3. The molecule has 1 atom stereocenters. The van der Waals surface area contributed by atoms with Crippen LogP contribution in [0.15, 0.2) is 71.6 Å². The average Bonchev–Trinajstić information content (AvgIpc) is 3.25. The van der Waals surface area contributed by atoms with Crippen LogP contribution in [0.5, 0.6) is 5.75 Å². The molecule has 1 aliphatic heterocycles. The standard InChI is InChI=1S/C25H24N4O4S.C2HF3O2/c1-33-19-7-5-16-6-8-20(14-18(16)13-19)34(31,32)28-23-11-12-29(25(23)30)15-17-3-2-4-22-21(17)9-10-24(26)27-22;3-2(4,5)1(6)7/h2-10,13-14,23,28H,11-12,15H2,1H3,(H2,26,27);(H,6,7)/t23-;/m0./s1. The highest BCUT2D eigenvalue weighted by molar-refractivity contribution is 7.89. The number of halogens is 3. The zero-order valence-corrected chi connectivity index (χ0v) is 22.4. The average molecular weight is 591 g/mol. The number of anilines is 1. The minimum atomic E-state index is -5.08. The number of rotatable bonds is 6. The van der Waals surface area contributed by atoms with Crippen molar-refractivity contribution in [1.29, 1.82) is 0 Å². The summed E-state index contributed by atoms with van der Waals surface area (Å²) in [5.74, 6) is -1.93. The van der Waals surface area contributed by atoms with Gasteiger partial charge >= 0.3 is 12.1 Å². The number of sulfonamides is 1. The summed E-state index contributed by atoms with van der Waals surface area (Å²) in [6.45, 7) is 0.829. The van der Waals surface area contributed by atoms with Gasteiger partial charge in [0.1, 0.15) is 17.6 Å². The number of hydrogen-bond acceptors (Lipinski definition) is 7. The number of carbonyl (C=O) groups is 2. The molecule has 1 fully saturated rings. The lowest BCUT2D eigenvalue weighted by Crippen LogP contribution is -2.41. The molecule has 0 unspecified atom stereocenters. The molecular weight excluding hydrogens is 565 g/mol. The van der Waals surface area contributed by atoms with Gasteiger partial charge < -0.3 is 20.5 Å². The fourth-order valence-corrected chi connectivity index (χ4v) is 5.59. The quantitative estimate of drug-likeness (QED) is 0.308. The Morgan fingerprint density at radius 1 is 1.12 bits per heavy atom. The van der Waals surface area contributed by atoms with Crippen molar-refractivity contribution < 1.29 is 41.0 Å². The fourth-order valence-electron chi connectivity index (χ4n) is 4.34. The van der Waals surface area contributed by atoms with Gasteiger partial charge in [0.2, 0.25) is 15.9 Å². The lowest BCUT2D eigenvalue weighted by Gasteiger charge is -2.18. The SMILES string of the molecule is COc1ccc2ccc(S(=O)(=O)N[C@H]3CCN(Cc4cccc5nc(N)ccc45)C3=O)cc2c1.O=C(O)C(F)(F)F. The molecule has 10 nitrogen and oxygen atoms in total. The third-order valence-electron chi connectivity index (χ3n) is 6.37. The number of likely N-dealkylation sites (tertiary alicyclic amines) is 1. The second kappa shape index (κ2) is 11.6. The molecule has 1 aliphatic rings. The molecule has 3 aromatic carbocycles. The first-order valence-electron chi connectivity index (χ1n) is 12.1. The molecule has 5 rings (SSSR count). The number of pyridine rings is 1. The molecule has 0 spiro atoms. The molecule has 1 amide bonds. The Hall–Kier alpha value is -4.43. The molecular formula is C27H25F3N4O6S. The molecule has 0 radical (unpaired) electrons. The maximum absolute atomic E-state index is 13.1. The first kappa shape index (κ1) is 29.6. The van der Waals surface area contributed by atoms with Crippen LogP contribution in [0.2, 0.25) is 0 Å². The Kier molecular flexibility index (Phi) is 8.35. The Bertz CT molecular complexity index is 1730. The lowest BCUT2D eigenvalue weighted by atomic mass is 10.1. The number of carboxylic acid groups (broad SMARTS) is 1. The molecule has 14 heteroatoms. The van der Waals surface area contributed by atoms with Gasteiger partial charge in [-0.05, 0) is 65.2 Å². The molecule has 2 heterocycles. The van der Waals surface area contributed by atoms with E-state index in [0.29, 0.717) is 31.1 Å². The Balaban J connectivity index is 0.000000493. The van der Waals surface area contributed by atoms with Crippen molar-refractivity contribution in [2.45, 2.75) is 30.1 Å². The summed E-state index contributed by atoms with van der Waals surface area (Å²) in [4.78, 5) is 28.1. The number of nitrogens with one attached hydrogen (secondary N) is 1. The second-order valence-electron chi connectivity index (χ2n) is 9.12. The van der Waals surface area contributed by atoms with Gasteiger partial charge in [-0.1, -0.05) is 24.3 Å². The summed E-state index contributed by atoms with van der Waals surface area (Å²) in [6.07, 6.45) is -4.69. The van der Waals surface area contributed by atoms with Crippen LogP contribution in [0.4, 0.5) is 19.0 Å². The van der Waals surface area contributed by atoms with Crippen molar-refractivity contribution in [1.82, 2.24) is 14.6 Å². The van der Waals surface area contributed by atoms with E-state index in [1.165, 1.54) is 0 Å². The number of alkyl halides is 3. The van der Waals surface area contributed by atoms with E-state index in [4.69, 9.17) is 20.4 Å². The predicted octanol–water partition coefficient (Wildman–Crippen LogP) is 3.69. The number of nitrogen functional groups attached to an aromatic ring is 1. The van der Waals surface area contributed by atoms with E-state index in [0.717, 1.165) is 27.2 Å². The van der Waals surface area contributed by atoms with E-state index < -0.39 is 28.2 Å². The maximum atomic E-state index is 13.1. The highest BCUT2D eigenvalue weighted by Crippen LogP contribution is 2.26. The normalized spacial score (nSPS) is 15.6. The first-order chi connectivity index (χ1) is 19.3. The fraction of sp³-hybridized carbons (Fsp3) is 0.222. The third kappa shape index (κ3) is 6.84. The summed E-state index contributed by atoms with van der Waals surface area (Å²) in [5, 5.41) is 9.68. The zero-order valence-electron chi connectivity index (χ0n) is 21.6. The van der Waals surface area contributed by atoms with Crippen molar-refractivity contribution in [2.24, 2.45) is 0 Å². The number of carbonyl (C=O) groups excluding carboxylic acids is 1. The van der Waals surface area contributed by atoms with Crippen LogP contribution in [-0.4, -0.2) is 61.2 Å². The maximum Gasteiger partial charge on any atom is 0.490 e. The molecule has 1 aromatic heterocycles. The van der Waals surface area contributed by atoms with E-state index in [9.17, 15) is 26.4 Å². The van der Waals surface area contributed by atoms with Crippen molar-refractivity contribution >= 4 is 49.4 Å². The number of fused-ring (bicyclic) bond motifs is 2. The summed E-state index contributed by atoms with van der Waals surface area (Å²) in [7, 11) is -2.33. The van der Waals surface area contributed by atoms with Crippen molar-refractivity contribution in [3.05, 3.63) is 72.3 Å². The number of nitrogens with zero attached hydrogens (tertiary/aromatic N) is 2. The van der Waals surface area contributed by atoms with Crippen LogP contribution in [-0.2, 0) is 26.2 Å². The molecule has 216 valence electrons. The van der Waals surface area contributed by atoms with Crippen molar-refractivity contribution in [3.8, 4) is 5.75 Å². The minimum absolute atomic E-state index is 0.109. The number of aliphatic carboxylic acids is 1. The number of benzene rings is 3. The molecule has 0 aliphatic carbocycles. The Morgan fingerprint density at radius 2 is 1.83 bits per heavy atom. The van der Waals surface area contributed by atoms with Crippen LogP contribution in [0.3, 0.4) is 0 Å². The summed E-state index contributed by atoms with van der Waals surface area (Å²) < 4.78 is 65.7. The second-order valence-corrected chi connectivity index (χ2v) is 10.8. The van der Waals surface area contributed by atoms with Crippen LogP contribution in [0.1, 0.15) is 12.0 Å². The monoisotopic (exact) mass is 590 g/mol. The minimum Gasteiger partial charge on any atom is -0.497 e. The van der Waals surface area contributed by atoms with Gasteiger partial charge in [-0.2, -0.15) is 17.9 Å². The van der Waals surface area contributed by atoms with Gasteiger partial charge in [-0.15, -0.1) is 0 Å². The summed E-state index contributed by atoms with van der Waals surface area (Å²) >= 11 is 0. The highest BCUT2D eigenvalue weighted by atomic mass is 32.2. The van der Waals surface area contributed by atoms with E-state index >= 15 is 0 Å². The number of ether oxygens (including phenoxy) is 1. The number of amides is 1. The van der Waals surface area contributed by atoms with Gasteiger partial charge in [-0.3, -0.25) is 4.79 Å². The van der Waals surface area contributed by atoms with Crippen LogP contribution >= 0.6 is 0 Å². The van der Waals surface area contributed by atoms with Crippen molar-refractivity contribution in [3.63, 3.8) is 0 Å².